The summed E-state index contributed by atoms with van der Waals surface area (Å²) in [6.07, 6.45) is 3.05. The third-order valence-electron chi connectivity index (χ3n) is 2.13. The van der Waals surface area contributed by atoms with Gasteiger partial charge in [-0.05, 0) is 39.2 Å². The van der Waals surface area contributed by atoms with Crippen LogP contribution in [0.4, 0.5) is 0 Å². The normalized spacial score (nSPS) is 15.9. The van der Waals surface area contributed by atoms with Gasteiger partial charge in [-0.15, -0.1) is 0 Å². The fourth-order valence-corrected chi connectivity index (χ4v) is 1.65. The van der Waals surface area contributed by atoms with E-state index in [0.717, 1.165) is 25.4 Å². The van der Waals surface area contributed by atoms with Crippen molar-refractivity contribution in [3.05, 3.63) is 0 Å². The lowest BCUT2D eigenvalue weighted by atomic mass is 10.1. The molecule has 0 fully saturated rings. The fraction of sp³-hybridized carbons (Fsp3) is 1.00. The maximum Gasteiger partial charge on any atom is 0.0674 e. The second-order valence-electron chi connectivity index (χ2n) is 4.59. The van der Waals surface area contributed by atoms with Crippen LogP contribution in [0.25, 0.3) is 0 Å². The first-order chi connectivity index (χ1) is 6.56. The maximum atomic E-state index is 5.85. The Morgan fingerprint density at radius 1 is 1.07 bits per heavy atom. The number of hydrogen-bond donors (Lipinski definition) is 1. The van der Waals surface area contributed by atoms with E-state index in [1.54, 1.807) is 0 Å². The smallest absolute Gasteiger partial charge is 0.0674 e. The number of rotatable bonds is 8. The predicted molar refractivity (Wildman–Crippen MR) is 62.6 cm³/mol. The molecule has 0 aliphatic rings. The van der Waals surface area contributed by atoms with Gasteiger partial charge in [-0.1, -0.05) is 20.8 Å². The van der Waals surface area contributed by atoms with Gasteiger partial charge in [0.2, 0.25) is 0 Å². The average molecular weight is 201 g/mol. The molecule has 0 aromatic carbocycles. The van der Waals surface area contributed by atoms with Gasteiger partial charge in [-0.3, -0.25) is 0 Å². The van der Waals surface area contributed by atoms with Gasteiger partial charge in [0.15, 0.2) is 0 Å². The Morgan fingerprint density at radius 3 is 2.21 bits per heavy atom. The third kappa shape index (κ3) is 8.52. The maximum absolute atomic E-state index is 5.85. The van der Waals surface area contributed by atoms with E-state index in [-0.39, 0.29) is 0 Å². The van der Waals surface area contributed by atoms with Crippen LogP contribution in [-0.4, -0.2) is 25.3 Å². The largest absolute Gasteiger partial charge is 0.374 e. The summed E-state index contributed by atoms with van der Waals surface area (Å²) in [7, 11) is 0. The van der Waals surface area contributed by atoms with Crippen molar-refractivity contribution in [3.63, 3.8) is 0 Å². The van der Waals surface area contributed by atoms with Gasteiger partial charge in [-0.2, -0.15) is 0 Å². The van der Waals surface area contributed by atoms with Gasteiger partial charge < -0.3 is 10.1 Å². The number of ether oxygens (including phenoxy) is 1. The van der Waals surface area contributed by atoms with Crippen LogP contribution in [0.1, 0.15) is 47.5 Å². The monoisotopic (exact) mass is 201 g/mol. The Kier molecular flexibility index (Phi) is 8.20. The zero-order valence-corrected chi connectivity index (χ0v) is 10.5. The molecule has 0 spiro atoms. The lowest BCUT2D eigenvalue weighted by Gasteiger charge is -2.20. The zero-order valence-electron chi connectivity index (χ0n) is 10.5. The fourth-order valence-electron chi connectivity index (χ4n) is 1.65. The van der Waals surface area contributed by atoms with Crippen molar-refractivity contribution < 1.29 is 4.74 Å². The summed E-state index contributed by atoms with van der Waals surface area (Å²) in [6, 6.07) is 0. The summed E-state index contributed by atoms with van der Waals surface area (Å²) >= 11 is 0. The van der Waals surface area contributed by atoms with Crippen molar-refractivity contribution in [2.75, 3.05) is 13.1 Å². The first-order valence-electron chi connectivity index (χ1n) is 5.92. The minimum Gasteiger partial charge on any atom is -0.374 e. The second-order valence-corrected chi connectivity index (χ2v) is 4.59. The zero-order chi connectivity index (χ0) is 11.0. The minimum absolute atomic E-state index is 0.329. The van der Waals surface area contributed by atoms with Crippen LogP contribution in [-0.2, 0) is 4.74 Å². The molecule has 1 N–H and O–H groups in total. The molecule has 0 bridgehead atoms. The molecule has 14 heavy (non-hydrogen) atoms. The number of nitrogens with one attached hydrogen (secondary N) is 1. The van der Waals surface area contributed by atoms with E-state index in [0.29, 0.717) is 12.2 Å². The van der Waals surface area contributed by atoms with Crippen molar-refractivity contribution in [3.8, 4) is 0 Å². The van der Waals surface area contributed by atoms with Crippen LogP contribution in [0.3, 0.4) is 0 Å². The third-order valence-corrected chi connectivity index (χ3v) is 2.13. The first kappa shape index (κ1) is 13.9. The summed E-state index contributed by atoms with van der Waals surface area (Å²) in [5.41, 5.74) is 0. The van der Waals surface area contributed by atoms with Crippen LogP contribution in [0.5, 0.6) is 0 Å². The Labute approximate surface area is 89.4 Å². The summed E-state index contributed by atoms with van der Waals surface area (Å²) in [5.74, 6) is 0.723. The minimum atomic E-state index is 0.329. The predicted octanol–water partition coefficient (Wildman–Crippen LogP) is 2.83. The summed E-state index contributed by atoms with van der Waals surface area (Å²) in [6.45, 7) is 13.0. The molecule has 0 heterocycles. The van der Waals surface area contributed by atoms with E-state index in [1.165, 1.54) is 6.42 Å². The Balaban J connectivity index is 3.44. The van der Waals surface area contributed by atoms with E-state index in [9.17, 15) is 0 Å². The van der Waals surface area contributed by atoms with Gasteiger partial charge in [-0.25, -0.2) is 0 Å². The molecule has 0 aliphatic heterocycles. The number of hydrogen-bond acceptors (Lipinski definition) is 2. The van der Waals surface area contributed by atoms with Crippen molar-refractivity contribution in [2.45, 2.75) is 59.7 Å². The quantitative estimate of drug-likeness (QED) is 0.610. The Hall–Kier alpha value is -0.0800. The van der Waals surface area contributed by atoms with Gasteiger partial charge >= 0.3 is 0 Å². The summed E-state index contributed by atoms with van der Waals surface area (Å²) in [5, 5.41) is 3.37. The average Bonchev–Trinajstić information content (AvgIpc) is 2.02. The van der Waals surface area contributed by atoms with Crippen molar-refractivity contribution in [1.82, 2.24) is 5.32 Å². The van der Waals surface area contributed by atoms with E-state index in [2.05, 4.69) is 39.9 Å². The van der Waals surface area contributed by atoms with Crippen LogP contribution >= 0.6 is 0 Å². The van der Waals surface area contributed by atoms with Gasteiger partial charge in [0.1, 0.15) is 0 Å². The Morgan fingerprint density at radius 2 is 1.71 bits per heavy atom. The first-order valence-corrected chi connectivity index (χ1v) is 5.92. The lowest BCUT2D eigenvalue weighted by Crippen LogP contribution is -2.30. The molecule has 2 unspecified atom stereocenters. The molecule has 0 rings (SSSR count). The molecule has 0 radical (unpaired) electrons. The molecular weight excluding hydrogens is 174 g/mol. The topological polar surface area (TPSA) is 21.3 Å². The SMILES string of the molecule is CCCNCC(C)OC(C)CC(C)C. The van der Waals surface area contributed by atoms with E-state index in [4.69, 9.17) is 4.74 Å². The van der Waals surface area contributed by atoms with E-state index in [1.807, 2.05) is 0 Å². The Bertz CT molecular complexity index is 125. The molecule has 0 aliphatic carbocycles. The molecule has 86 valence electrons. The molecule has 0 aromatic rings. The highest BCUT2D eigenvalue weighted by atomic mass is 16.5. The molecule has 0 saturated carbocycles. The van der Waals surface area contributed by atoms with Crippen LogP contribution in [0.2, 0.25) is 0 Å². The molecular formula is C12H27NO. The van der Waals surface area contributed by atoms with Crippen molar-refractivity contribution in [1.29, 1.82) is 0 Å². The molecule has 2 heteroatoms. The standard InChI is InChI=1S/C12H27NO/c1-6-7-13-9-12(5)14-11(4)8-10(2)3/h10-13H,6-9H2,1-5H3. The van der Waals surface area contributed by atoms with Gasteiger partial charge in [0, 0.05) is 6.54 Å². The highest BCUT2D eigenvalue weighted by molar-refractivity contribution is 4.60. The van der Waals surface area contributed by atoms with Gasteiger partial charge in [0.05, 0.1) is 12.2 Å². The molecule has 0 saturated heterocycles. The summed E-state index contributed by atoms with van der Waals surface area (Å²) < 4.78 is 5.85. The van der Waals surface area contributed by atoms with Crippen LogP contribution < -0.4 is 5.32 Å². The molecule has 0 amide bonds. The van der Waals surface area contributed by atoms with Gasteiger partial charge in [0.25, 0.3) is 0 Å². The highest BCUT2D eigenvalue weighted by Gasteiger charge is 2.09. The second kappa shape index (κ2) is 8.25. The van der Waals surface area contributed by atoms with Crippen LogP contribution in [0, 0.1) is 5.92 Å². The van der Waals surface area contributed by atoms with E-state index < -0.39 is 0 Å². The van der Waals surface area contributed by atoms with Crippen molar-refractivity contribution in [2.24, 2.45) is 5.92 Å². The molecule has 2 nitrogen and oxygen atoms in total. The van der Waals surface area contributed by atoms with Crippen LogP contribution in [0.15, 0.2) is 0 Å². The lowest BCUT2D eigenvalue weighted by molar-refractivity contribution is -0.000941. The van der Waals surface area contributed by atoms with E-state index >= 15 is 0 Å². The molecule has 2 atom stereocenters. The highest BCUT2D eigenvalue weighted by Crippen LogP contribution is 2.09. The summed E-state index contributed by atoms with van der Waals surface area (Å²) in [4.78, 5) is 0. The molecule has 0 aromatic heterocycles. The van der Waals surface area contributed by atoms with Crippen molar-refractivity contribution >= 4 is 0 Å².